The summed E-state index contributed by atoms with van der Waals surface area (Å²) in [6, 6.07) is 13.5. The number of rotatable bonds is 6. The first-order valence-corrected chi connectivity index (χ1v) is 6.94. The van der Waals surface area contributed by atoms with Gasteiger partial charge in [0.15, 0.2) is 5.78 Å². The third-order valence-corrected chi connectivity index (χ3v) is 3.20. The van der Waals surface area contributed by atoms with Gasteiger partial charge in [-0.25, -0.2) is 0 Å². The van der Waals surface area contributed by atoms with E-state index in [9.17, 15) is 14.7 Å². The van der Waals surface area contributed by atoms with Gasteiger partial charge in [0.2, 0.25) is 0 Å². The van der Waals surface area contributed by atoms with E-state index >= 15 is 0 Å². The van der Waals surface area contributed by atoms with Crippen LogP contribution in [0.2, 0.25) is 0 Å². The van der Waals surface area contributed by atoms with Crippen LogP contribution in [0.4, 0.5) is 5.69 Å². The highest BCUT2D eigenvalue weighted by Gasteiger charge is 2.07. The number of carbonyl (C=O) groups is 2. The number of anilines is 1. The van der Waals surface area contributed by atoms with Crippen molar-refractivity contribution in [3.8, 4) is 5.75 Å². The summed E-state index contributed by atoms with van der Waals surface area (Å²) in [7, 11) is 1.54. The maximum absolute atomic E-state index is 12.1. The van der Waals surface area contributed by atoms with E-state index in [1.165, 1.54) is 7.11 Å². The van der Waals surface area contributed by atoms with Crippen LogP contribution in [-0.2, 0) is 4.79 Å². The van der Waals surface area contributed by atoms with Crippen molar-refractivity contribution in [2.45, 2.75) is 6.92 Å². The molecule has 2 rings (SSSR count). The molecule has 0 spiro atoms. The van der Waals surface area contributed by atoms with Crippen LogP contribution >= 0.6 is 0 Å². The molecule has 0 saturated heterocycles. The number of hydrogen-bond acceptors (Lipinski definition) is 5. The van der Waals surface area contributed by atoms with Crippen LogP contribution in [0, 0.1) is 6.92 Å². The van der Waals surface area contributed by atoms with Gasteiger partial charge in [0.25, 0.3) is 0 Å². The molecule has 5 heteroatoms. The van der Waals surface area contributed by atoms with Crippen molar-refractivity contribution in [3.63, 3.8) is 0 Å². The molecule has 2 aromatic carbocycles. The Kier molecular flexibility index (Phi) is 5.15. The first-order chi connectivity index (χ1) is 11.0. The second kappa shape index (κ2) is 7.26. The molecule has 0 fully saturated rings. The smallest absolute Gasteiger partial charge is 0.187 e. The lowest BCUT2D eigenvalue weighted by Crippen LogP contribution is -2.29. The summed E-state index contributed by atoms with van der Waals surface area (Å²) in [5.74, 6) is -1.23. The van der Waals surface area contributed by atoms with Crippen LogP contribution in [-0.4, -0.2) is 18.9 Å². The zero-order valence-electron chi connectivity index (χ0n) is 12.8. The number of benzene rings is 2. The van der Waals surface area contributed by atoms with Gasteiger partial charge < -0.3 is 20.0 Å². The minimum atomic E-state index is -1.46. The topological polar surface area (TPSA) is 78.5 Å². The Morgan fingerprint density at radius 3 is 2.17 bits per heavy atom. The monoisotopic (exact) mass is 310 g/mol. The molecule has 0 radical (unpaired) electrons. The van der Waals surface area contributed by atoms with Gasteiger partial charge in [-0.3, -0.25) is 4.79 Å². The van der Waals surface area contributed by atoms with Crippen LogP contribution in [0.15, 0.2) is 60.3 Å². The third kappa shape index (κ3) is 4.44. The maximum atomic E-state index is 12.1. The van der Waals surface area contributed by atoms with Crippen molar-refractivity contribution in [1.29, 1.82) is 0 Å². The molecule has 0 unspecified atom stereocenters. The summed E-state index contributed by atoms with van der Waals surface area (Å²) in [4.78, 5) is 23.4. The standard InChI is InChI=1S/C18H17NO4/c1-12-3-5-13(6-4-12)17(20)11-16(18(21)22)19-14-7-9-15(23-2)10-8-14/h3-11,19H,1-2H3,(H,21,22)/p-1/b16-11+. The van der Waals surface area contributed by atoms with Crippen molar-refractivity contribution in [2.24, 2.45) is 0 Å². The SMILES string of the molecule is COc1ccc(N/C(=C/C(=O)c2ccc(C)cc2)C(=O)[O-])cc1. The molecule has 0 saturated carbocycles. The first kappa shape index (κ1) is 16.3. The van der Waals surface area contributed by atoms with E-state index in [4.69, 9.17) is 4.74 Å². The Hall–Kier alpha value is -3.08. The number of hydrogen-bond donors (Lipinski definition) is 1. The molecule has 0 aliphatic heterocycles. The van der Waals surface area contributed by atoms with Gasteiger partial charge in [-0.05, 0) is 31.2 Å². The molecule has 0 aromatic heterocycles. The number of carbonyl (C=O) groups excluding carboxylic acids is 2. The van der Waals surface area contributed by atoms with Crippen molar-refractivity contribution >= 4 is 17.4 Å². The second-order valence-corrected chi connectivity index (χ2v) is 4.93. The Balaban J connectivity index is 2.21. The van der Waals surface area contributed by atoms with Crippen molar-refractivity contribution in [1.82, 2.24) is 0 Å². The molecular weight excluding hydrogens is 294 g/mol. The number of ether oxygens (including phenoxy) is 1. The molecule has 0 amide bonds. The third-order valence-electron chi connectivity index (χ3n) is 3.20. The minimum Gasteiger partial charge on any atom is -0.543 e. The zero-order chi connectivity index (χ0) is 16.8. The molecule has 1 N–H and O–H groups in total. The molecule has 118 valence electrons. The van der Waals surface area contributed by atoms with Gasteiger partial charge in [-0.1, -0.05) is 29.8 Å². The predicted octanol–water partition coefficient (Wildman–Crippen LogP) is 1.93. The summed E-state index contributed by atoms with van der Waals surface area (Å²) in [5, 5.41) is 13.9. The minimum absolute atomic E-state index is 0.305. The van der Waals surface area contributed by atoms with Gasteiger partial charge in [-0.2, -0.15) is 0 Å². The Morgan fingerprint density at radius 1 is 1.04 bits per heavy atom. The summed E-state index contributed by atoms with van der Waals surface area (Å²) >= 11 is 0. The maximum Gasteiger partial charge on any atom is 0.187 e. The van der Waals surface area contributed by atoms with Crippen LogP contribution in [0.25, 0.3) is 0 Å². The largest absolute Gasteiger partial charge is 0.543 e. The molecule has 0 aliphatic carbocycles. The van der Waals surface area contributed by atoms with Gasteiger partial charge in [0, 0.05) is 17.3 Å². The lowest BCUT2D eigenvalue weighted by Gasteiger charge is -2.12. The quantitative estimate of drug-likeness (QED) is 0.651. The normalized spacial score (nSPS) is 11.0. The number of methoxy groups -OCH3 is 1. The molecule has 23 heavy (non-hydrogen) atoms. The average Bonchev–Trinajstić information content (AvgIpc) is 2.55. The Morgan fingerprint density at radius 2 is 1.65 bits per heavy atom. The number of ketones is 1. The highest BCUT2D eigenvalue weighted by molar-refractivity contribution is 6.08. The van der Waals surface area contributed by atoms with E-state index in [2.05, 4.69) is 5.32 Å². The van der Waals surface area contributed by atoms with Crippen LogP contribution in [0.5, 0.6) is 5.75 Å². The van der Waals surface area contributed by atoms with E-state index in [0.29, 0.717) is 17.0 Å². The van der Waals surface area contributed by atoms with Crippen LogP contribution in [0.1, 0.15) is 15.9 Å². The van der Waals surface area contributed by atoms with E-state index < -0.39 is 11.8 Å². The Bertz CT molecular complexity index is 731. The lowest BCUT2D eigenvalue weighted by molar-refractivity contribution is -0.299. The van der Waals surface area contributed by atoms with Gasteiger partial charge >= 0.3 is 0 Å². The fourth-order valence-corrected chi connectivity index (χ4v) is 1.91. The fraction of sp³-hybridized carbons (Fsp3) is 0.111. The van der Waals surface area contributed by atoms with Crippen LogP contribution in [0.3, 0.4) is 0 Å². The van der Waals surface area contributed by atoms with Gasteiger partial charge in [0.05, 0.1) is 18.8 Å². The van der Waals surface area contributed by atoms with Crippen molar-refractivity contribution < 1.29 is 19.4 Å². The highest BCUT2D eigenvalue weighted by atomic mass is 16.5. The lowest BCUT2D eigenvalue weighted by atomic mass is 10.1. The predicted molar refractivity (Wildman–Crippen MR) is 85.2 cm³/mol. The summed E-state index contributed by atoms with van der Waals surface area (Å²) < 4.78 is 5.03. The summed E-state index contributed by atoms with van der Waals surface area (Å²) in [6.45, 7) is 1.90. The molecule has 0 atom stereocenters. The van der Waals surface area contributed by atoms with E-state index in [-0.39, 0.29) is 5.70 Å². The molecule has 2 aromatic rings. The van der Waals surface area contributed by atoms with Crippen molar-refractivity contribution in [3.05, 3.63) is 71.4 Å². The molecular formula is C18H16NO4-. The number of carboxylic acids is 1. The van der Waals surface area contributed by atoms with E-state index in [1.807, 2.05) is 6.92 Å². The van der Waals surface area contributed by atoms with E-state index in [0.717, 1.165) is 11.6 Å². The van der Waals surface area contributed by atoms with Crippen LogP contribution < -0.4 is 15.2 Å². The Labute approximate surface area is 134 Å². The van der Waals surface area contributed by atoms with E-state index in [1.54, 1.807) is 48.5 Å². The average molecular weight is 310 g/mol. The molecule has 5 nitrogen and oxygen atoms in total. The second-order valence-electron chi connectivity index (χ2n) is 4.93. The van der Waals surface area contributed by atoms with Gasteiger partial charge in [-0.15, -0.1) is 0 Å². The number of nitrogens with one attached hydrogen (secondary N) is 1. The number of carboxylic acid groups (broad SMARTS) is 1. The molecule has 0 heterocycles. The summed E-state index contributed by atoms with van der Waals surface area (Å²) in [5.41, 5.74) is 1.63. The van der Waals surface area contributed by atoms with Crippen molar-refractivity contribution in [2.75, 3.05) is 12.4 Å². The molecule has 0 aliphatic rings. The first-order valence-electron chi connectivity index (χ1n) is 6.94. The van der Waals surface area contributed by atoms with Gasteiger partial charge in [0.1, 0.15) is 5.75 Å². The molecule has 0 bridgehead atoms. The number of aryl methyl sites for hydroxylation is 1. The highest BCUT2D eigenvalue weighted by Crippen LogP contribution is 2.17. The fourth-order valence-electron chi connectivity index (χ4n) is 1.91. The summed E-state index contributed by atoms with van der Waals surface area (Å²) in [6.07, 6.45) is 1.02. The zero-order valence-corrected chi connectivity index (χ0v) is 12.8. The number of aliphatic carboxylic acids is 1. The number of allylic oxidation sites excluding steroid dienone is 1.